The molecule has 0 aromatic carbocycles. The number of hydrogen-bond donors (Lipinski definition) is 1. The van der Waals surface area contributed by atoms with Crippen LogP contribution in [0.25, 0.3) is 5.82 Å². The molecule has 0 spiro atoms. The largest absolute Gasteiger partial charge is 0.417 e. The second kappa shape index (κ2) is 8.34. The van der Waals surface area contributed by atoms with Crippen molar-refractivity contribution in [2.45, 2.75) is 19.1 Å². The Balaban J connectivity index is 1.74. The topological polar surface area (TPSA) is 63.1 Å². The summed E-state index contributed by atoms with van der Waals surface area (Å²) in [6.45, 7) is 2.08. The summed E-state index contributed by atoms with van der Waals surface area (Å²) >= 11 is 1.62. The molecule has 1 unspecified atom stereocenters. The highest BCUT2D eigenvalue weighted by molar-refractivity contribution is 7.10. The maximum absolute atomic E-state index is 12.7. The first-order chi connectivity index (χ1) is 13.7. The Bertz CT molecular complexity index is 965. The van der Waals surface area contributed by atoms with Crippen molar-refractivity contribution in [1.82, 2.24) is 25.0 Å². The van der Waals surface area contributed by atoms with Crippen LogP contribution >= 0.6 is 11.3 Å². The van der Waals surface area contributed by atoms with E-state index in [1.54, 1.807) is 18.3 Å². The van der Waals surface area contributed by atoms with E-state index in [1.165, 1.54) is 16.9 Å². The normalized spacial score (nSPS) is 12.9. The first kappa shape index (κ1) is 21.0. The summed E-state index contributed by atoms with van der Waals surface area (Å²) in [6.07, 6.45) is -2.32. The molecular formula is C19H20F3N5OS. The smallest absolute Gasteiger partial charge is 0.350 e. The molecule has 154 valence electrons. The van der Waals surface area contributed by atoms with Crippen LogP contribution in [0, 0.1) is 6.92 Å². The van der Waals surface area contributed by atoms with Crippen LogP contribution in [0.5, 0.6) is 0 Å². The quantitative estimate of drug-likeness (QED) is 0.657. The molecule has 0 aliphatic heterocycles. The lowest BCUT2D eigenvalue weighted by Gasteiger charge is -2.23. The lowest BCUT2D eigenvalue weighted by atomic mass is 10.2. The van der Waals surface area contributed by atoms with E-state index in [1.807, 2.05) is 36.5 Å². The number of pyridine rings is 1. The third-order valence-electron chi connectivity index (χ3n) is 4.50. The van der Waals surface area contributed by atoms with Gasteiger partial charge in [-0.25, -0.2) is 9.67 Å². The van der Waals surface area contributed by atoms with Crippen molar-refractivity contribution < 1.29 is 18.0 Å². The number of alkyl halides is 3. The van der Waals surface area contributed by atoms with Crippen molar-refractivity contribution >= 4 is 17.2 Å². The number of amides is 1. The van der Waals surface area contributed by atoms with Gasteiger partial charge in [0.2, 0.25) is 0 Å². The highest BCUT2D eigenvalue weighted by Gasteiger charge is 2.31. The van der Waals surface area contributed by atoms with E-state index in [0.717, 1.165) is 17.1 Å². The maximum atomic E-state index is 12.7. The maximum Gasteiger partial charge on any atom is 0.417 e. The predicted octanol–water partition coefficient (Wildman–Crippen LogP) is 3.69. The number of aromatic nitrogens is 3. The summed E-state index contributed by atoms with van der Waals surface area (Å²) in [5.41, 5.74) is -0.00463. The summed E-state index contributed by atoms with van der Waals surface area (Å²) in [5.74, 6) is -0.0941. The van der Waals surface area contributed by atoms with Gasteiger partial charge < -0.3 is 10.2 Å². The van der Waals surface area contributed by atoms with Crippen molar-refractivity contribution in [3.05, 3.63) is 63.7 Å². The average Bonchev–Trinajstić information content (AvgIpc) is 3.31. The van der Waals surface area contributed by atoms with Crippen molar-refractivity contribution in [2.24, 2.45) is 0 Å². The third kappa shape index (κ3) is 4.65. The summed E-state index contributed by atoms with van der Waals surface area (Å²) in [6, 6.07) is 6.17. The van der Waals surface area contributed by atoms with Gasteiger partial charge in [0.15, 0.2) is 5.82 Å². The lowest BCUT2D eigenvalue weighted by molar-refractivity contribution is -0.137. The molecule has 3 heterocycles. The lowest BCUT2D eigenvalue weighted by Crippen LogP contribution is -2.34. The minimum Gasteiger partial charge on any atom is -0.350 e. The molecule has 29 heavy (non-hydrogen) atoms. The third-order valence-corrected chi connectivity index (χ3v) is 5.47. The Labute approximate surface area is 170 Å². The van der Waals surface area contributed by atoms with Crippen molar-refractivity contribution in [2.75, 3.05) is 20.6 Å². The zero-order valence-corrected chi connectivity index (χ0v) is 16.9. The predicted molar refractivity (Wildman–Crippen MR) is 104 cm³/mol. The fraction of sp³-hybridized carbons (Fsp3) is 0.316. The molecule has 0 aliphatic carbocycles. The fourth-order valence-corrected chi connectivity index (χ4v) is 3.77. The zero-order valence-electron chi connectivity index (χ0n) is 16.1. The molecule has 3 aromatic rings. The fourth-order valence-electron chi connectivity index (χ4n) is 2.85. The van der Waals surface area contributed by atoms with Gasteiger partial charge in [0, 0.05) is 17.6 Å². The molecule has 10 heteroatoms. The molecule has 0 radical (unpaired) electrons. The van der Waals surface area contributed by atoms with Crippen LogP contribution in [0.15, 0.2) is 42.0 Å². The first-order valence-corrected chi connectivity index (χ1v) is 9.62. The van der Waals surface area contributed by atoms with Crippen LogP contribution in [0.1, 0.15) is 32.5 Å². The summed E-state index contributed by atoms with van der Waals surface area (Å²) in [5, 5.41) is 9.01. The summed E-state index contributed by atoms with van der Waals surface area (Å²) in [4.78, 5) is 19.6. The van der Waals surface area contributed by atoms with Gasteiger partial charge in [-0.2, -0.15) is 18.3 Å². The Hall–Kier alpha value is -2.72. The van der Waals surface area contributed by atoms with Gasteiger partial charge in [-0.1, -0.05) is 6.07 Å². The second-order valence-electron chi connectivity index (χ2n) is 6.66. The molecule has 1 N–H and O–H groups in total. The van der Waals surface area contributed by atoms with E-state index >= 15 is 0 Å². The number of carbonyl (C=O) groups is 1. The molecule has 0 saturated carbocycles. The molecule has 0 aliphatic rings. The molecule has 0 bridgehead atoms. The van der Waals surface area contributed by atoms with Crippen LogP contribution in [0.2, 0.25) is 0 Å². The Morgan fingerprint density at radius 1 is 1.28 bits per heavy atom. The number of rotatable bonds is 6. The first-order valence-electron chi connectivity index (χ1n) is 8.74. The molecule has 0 fully saturated rings. The number of likely N-dealkylation sites (N-methyl/N-ethyl adjacent to an activating group) is 1. The van der Waals surface area contributed by atoms with Crippen LogP contribution in [-0.4, -0.2) is 46.2 Å². The average molecular weight is 423 g/mol. The molecule has 1 amide bonds. The summed E-state index contributed by atoms with van der Waals surface area (Å²) in [7, 11) is 3.88. The monoisotopic (exact) mass is 423 g/mol. The van der Waals surface area contributed by atoms with Crippen molar-refractivity contribution in [3.8, 4) is 5.82 Å². The SMILES string of the molecule is Cc1c(C(=O)NCC(c2cccs2)N(C)C)cnn1-c1ccc(C(F)(F)F)cn1. The highest BCUT2D eigenvalue weighted by Crippen LogP contribution is 2.29. The van der Waals surface area contributed by atoms with Crippen LogP contribution in [-0.2, 0) is 6.18 Å². The van der Waals surface area contributed by atoms with Gasteiger partial charge in [0.25, 0.3) is 5.91 Å². The molecular weight excluding hydrogens is 403 g/mol. The number of nitrogens with zero attached hydrogens (tertiary/aromatic N) is 4. The van der Waals surface area contributed by atoms with E-state index in [0.29, 0.717) is 17.8 Å². The van der Waals surface area contributed by atoms with Crippen molar-refractivity contribution in [3.63, 3.8) is 0 Å². The van der Waals surface area contributed by atoms with Crippen LogP contribution < -0.4 is 5.32 Å². The number of thiophene rings is 1. The van der Waals surface area contributed by atoms with Gasteiger partial charge in [-0.05, 0) is 44.6 Å². The number of carbonyl (C=O) groups excluding carboxylic acids is 1. The molecule has 0 saturated heterocycles. The molecule has 3 aromatic heterocycles. The Kier molecular flexibility index (Phi) is 6.04. The van der Waals surface area contributed by atoms with Gasteiger partial charge in [0.1, 0.15) is 0 Å². The van der Waals surface area contributed by atoms with E-state index in [9.17, 15) is 18.0 Å². The van der Waals surface area contributed by atoms with Gasteiger partial charge in [-0.3, -0.25) is 4.79 Å². The molecule has 1 atom stereocenters. The Morgan fingerprint density at radius 2 is 2.03 bits per heavy atom. The second-order valence-corrected chi connectivity index (χ2v) is 7.64. The number of halogens is 3. The standard InChI is InChI=1S/C19H20F3N5OS/c1-12-14(18(28)24-11-15(26(2)3)16-5-4-8-29-16)10-25-27(12)17-7-6-13(9-23-17)19(20,21)22/h4-10,15H,11H2,1-3H3,(H,24,28). The number of hydrogen-bond acceptors (Lipinski definition) is 5. The number of nitrogens with one attached hydrogen (secondary N) is 1. The van der Waals surface area contributed by atoms with E-state index in [-0.39, 0.29) is 17.8 Å². The van der Waals surface area contributed by atoms with Gasteiger partial charge in [0.05, 0.1) is 29.1 Å². The van der Waals surface area contributed by atoms with E-state index in [4.69, 9.17) is 0 Å². The zero-order chi connectivity index (χ0) is 21.2. The van der Waals surface area contributed by atoms with Gasteiger partial charge in [-0.15, -0.1) is 11.3 Å². The Morgan fingerprint density at radius 3 is 2.59 bits per heavy atom. The minimum absolute atomic E-state index is 0.0332. The minimum atomic E-state index is -4.46. The summed E-state index contributed by atoms with van der Waals surface area (Å²) < 4.78 is 39.5. The van der Waals surface area contributed by atoms with Crippen LogP contribution in [0.4, 0.5) is 13.2 Å². The van der Waals surface area contributed by atoms with Gasteiger partial charge >= 0.3 is 6.18 Å². The van der Waals surface area contributed by atoms with Crippen LogP contribution in [0.3, 0.4) is 0 Å². The van der Waals surface area contributed by atoms with E-state index in [2.05, 4.69) is 15.4 Å². The highest BCUT2D eigenvalue weighted by atomic mass is 32.1. The molecule has 3 rings (SSSR count). The molecule has 6 nitrogen and oxygen atoms in total. The van der Waals surface area contributed by atoms with E-state index < -0.39 is 11.7 Å². The van der Waals surface area contributed by atoms with Crippen molar-refractivity contribution in [1.29, 1.82) is 0 Å².